The van der Waals surface area contributed by atoms with Crippen molar-refractivity contribution in [2.24, 2.45) is 0 Å². The Morgan fingerprint density at radius 1 is 0.324 bits per heavy atom. The highest BCUT2D eigenvalue weighted by Crippen LogP contribution is 2.35. The lowest BCUT2D eigenvalue weighted by atomic mass is 9.80. The highest BCUT2D eigenvalue weighted by molar-refractivity contribution is 9.10. The van der Waals surface area contributed by atoms with Crippen molar-refractivity contribution in [3.05, 3.63) is 257 Å². The zero-order chi connectivity index (χ0) is 46.6. The molecule has 0 fully saturated rings. The lowest BCUT2D eigenvalue weighted by molar-refractivity contribution is 0.426. The van der Waals surface area contributed by atoms with Crippen molar-refractivity contribution in [3.63, 3.8) is 0 Å². The van der Waals surface area contributed by atoms with E-state index in [4.69, 9.17) is 23.2 Å². The molecule has 12 rings (SSSR count). The standard InChI is InChI=1S/C30H20ClN.C18H14BNO2.C12H8BrCl/c31-25-16-12-21(13-17-25)23-6-5-7-24(20-23)22-14-18-26(19-15-22)32-29-10-3-1-8-27(29)28-9-2-4-11-30(28)32;21-19(22)13-9-11-14(12-10-13)20-17-7-3-1-5-15(17)16-6-2-4-8-18(16)20;13-11-3-1-2-10(8-11)9-4-6-12(14)7-5-9/h1-20H;1-12,21-22H;1-8H. The SMILES string of the molecule is Clc1ccc(-c2cccc(-c3ccc(-n4c5ccccc5c5ccccc54)cc3)c2)cc1.Clc1ccc(-c2cccc(Br)c2)cc1.OB(O)c1ccc(-n2c3ccccc3c3ccccc32)cc1. The highest BCUT2D eigenvalue weighted by atomic mass is 79.9. The van der Waals surface area contributed by atoms with Gasteiger partial charge in [0.15, 0.2) is 0 Å². The summed E-state index contributed by atoms with van der Waals surface area (Å²) in [5, 5.41) is 25.0. The van der Waals surface area contributed by atoms with E-state index < -0.39 is 7.12 Å². The molecule has 68 heavy (non-hydrogen) atoms. The van der Waals surface area contributed by atoms with Crippen LogP contribution in [0.25, 0.3) is 88.4 Å². The quantitative estimate of drug-likeness (QED) is 0.163. The van der Waals surface area contributed by atoms with E-state index in [0.29, 0.717) is 5.46 Å². The summed E-state index contributed by atoms with van der Waals surface area (Å²) in [7, 11) is -1.44. The van der Waals surface area contributed by atoms with Gasteiger partial charge in [-0.25, -0.2) is 0 Å². The van der Waals surface area contributed by atoms with Gasteiger partial charge in [-0.3, -0.25) is 0 Å². The van der Waals surface area contributed by atoms with Crippen LogP contribution in [0.5, 0.6) is 0 Å². The molecule has 0 atom stereocenters. The van der Waals surface area contributed by atoms with Gasteiger partial charge in [0, 0.05) is 47.4 Å². The molecule has 4 nitrogen and oxygen atoms in total. The van der Waals surface area contributed by atoms with E-state index in [1.165, 1.54) is 66.1 Å². The Balaban J connectivity index is 0.000000129. The van der Waals surface area contributed by atoms with E-state index in [1.54, 1.807) is 12.1 Å². The minimum atomic E-state index is -1.44. The van der Waals surface area contributed by atoms with Crippen molar-refractivity contribution in [3.8, 4) is 44.8 Å². The van der Waals surface area contributed by atoms with Gasteiger partial charge >= 0.3 is 7.12 Å². The molecular weight excluding hydrogens is 942 g/mol. The van der Waals surface area contributed by atoms with Gasteiger partial charge in [-0.15, -0.1) is 0 Å². The molecular formula is C60H42BBrCl2N2O2. The normalized spacial score (nSPS) is 11.0. The number of hydrogen-bond acceptors (Lipinski definition) is 2. The molecule has 0 bridgehead atoms. The third-order valence-corrected chi connectivity index (χ3v) is 13.1. The number of nitrogens with zero attached hydrogens (tertiary/aromatic N) is 2. The second-order valence-corrected chi connectivity index (χ2v) is 18.1. The van der Waals surface area contributed by atoms with Crippen LogP contribution in [0.15, 0.2) is 247 Å². The summed E-state index contributed by atoms with van der Waals surface area (Å²) < 4.78 is 5.63. The lowest BCUT2D eigenvalue weighted by Crippen LogP contribution is -2.29. The monoisotopic (exact) mass is 982 g/mol. The van der Waals surface area contributed by atoms with Crippen LogP contribution in [0.3, 0.4) is 0 Å². The molecule has 0 saturated heterocycles. The van der Waals surface area contributed by atoms with Gasteiger partial charge in [-0.2, -0.15) is 0 Å². The number of fused-ring (bicyclic) bond motifs is 6. The summed E-state index contributed by atoms with van der Waals surface area (Å²) in [5.74, 6) is 0. The van der Waals surface area contributed by atoms with Gasteiger partial charge in [-0.05, 0) is 130 Å². The fraction of sp³-hybridized carbons (Fsp3) is 0. The van der Waals surface area contributed by atoms with Gasteiger partial charge < -0.3 is 19.2 Å². The molecule has 0 aliphatic heterocycles. The topological polar surface area (TPSA) is 50.3 Å². The fourth-order valence-corrected chi connectivity index (χ4v) is 9.48. The van der Waals surface area contributed by atoms with Gasteiger partial charge in [-0.1, -0.05) is 191 Å². The minimum absolute atomic E-state index is 0.490. The van der Waals surface area contributed by atoms with Crippen molar-refractivity contribution in [1.29, 1.82) is 0 Å². The van der Waals surface area contributed by atoms with Gasteiger partial charge in [0.1, 0.15) is 0 Å². The van der Waals surface area contributed by atoms with Crippen molar-refractivity contribution in [2.75, 3.05) is 0 Å². The summed E-state index contributed by atoms with van der Waals surface area (Å²) in [6.07, 6.45) is 0. The average molecular weight is 985 g/mol. The first-order valence-corrected chi connectivity index (χ1v) is 23.8. The van der Waals surface area contributed by atoms with Crippen molar-refractivity contribution < 1.29 is 10.0 Å². The molecule has 12 aromatic rings. The Bertz CT molecular complexity index is 3570. The molecule has 2 heterocycles. The first-order valence-electron chi connectivity index (χ1n) is 22.2. The van der Waals surface area contributed by atoms with Crippen LogP contribution in [-0.2, 0) is 0 Å². The van der Waals surface area contributed by atoms with Gasteiger partial charge in [0.2, 0.25) is 0 Å². The summed E-state index contributed by atoms with van der Waals surface area (Å²) in [6.45, 7) is 0. The van der Waals surface area contributed by atoms with E-state index >= 15 is 0 Å². The maximum absolute atomic E-state index is 9.24. The van der Waals surface area contributed by atoms with Gasteiger partial charge in [0.05, 0.1) is 22.1 Å². The Morgan fingerprint density at radius 3 is 1.01 bits per heavy atom. The lowest BCUT2D eigenvalue weighted by Gasteiger charge is -2.10. The van der Waals surface area contributed by atoms with E-state index in [0.717, 1.165) is 36.8 Å². The summed E-state index contributed by atoms with van der Waals surface area (Å²) in [5.41, 5.74) is 14.5. The molecule has 328 valence electrons. The van der Waals surface area contributed by atoms with Crippen molar-refractivity contribution in [1.82, 2.24) is 9.13 Å². The van der Waals surface area contributed by atoms with Crippen LogP contribution >= 0.6 is 39.1 Å². The third-order valence-electron chi connectivity index (χ3n) is 12.1. The number of hydrogen-bond donors (Lipinski definition) is 2. The first-order chi connectivity index (χ1) is 33.3. The largest absolute Gasteiger partial charge is 0.488 e. The van der Waals surface area contributed by atoms with Gasteiger partial charge in [0.25, 0.3) is 0 Å². The van der Waals surface area contributed by atoms with E-state index in [-0.39, 0.29) is 0 Å². The fourth-order valence-electron chi connectivity index (χ4n) is 8.83. The van der Waals surface area contributed by atoms with Crippen molar-refractivity contribution >= 4 is 95.3 Å². The maximum Gasteiger partial charge on any atom is 0.488 e. The average Bonchev–Trinajstić information content (AvgIpc) is 3.90. The second-order valence-electron chi connectivity index (χ2n) is 16.4. The molecule has 0 aliphatic carbocycles. The smallest absolute Gasteiger partial charge is 0.423 e. The maximum atomic E-state index is 9.24. The molecule has 0 aliphatic rings. The Labute approximate surface area is 413 Å². The summed E-state index contributed by atoms with van der Waals surface area (Å²) in [6, 6.07) is 82.6. The number of aromatic nitrogens is 2. The Kier molecular flexibility index (Phi) is 13.1. The zero-order valence-electron chi connectivity index (χ0n) is 36.6. The molecule has 0 radical (unpaired) electrons. The van der Waals surface area contributed by atoms with Crippen LogP contribution in [0.4, 0.5) is 0 Å². The number of benzene rings is 10. The number of halogens is 3. The molecule has 0 spiro atoms. The van der Waals surface area contributed by atoms with E-state index in [2.05, 4.69) is 171 Å². The number of rotatable bonds is 6. The first kappa shape index (κ1) is 44.7. The van der Waals surface area contributed by atoms with Crippen LogP contribution < -0.4 is 5.46 Å². The summed E-state index contributed by atoms with van der Waals surface area (Å²) >= 11 is 15.3. The molecule has 2 aromatic heterocycles. The van der Waals surface area contributed by atoms with Crippen LogP contribution in [0.1, 0.15) is 0 Å². The van der Waals surface area contributed by atoms with E-state index in [9.17, 15) is 10.0 Å². The predicted octanol–water partition coefficient (Wildman–Crippen LogP) is 16.0. The second kappa shape index (κ2) is 20.0. The van der Waals surface area contributed by atoms with Crippen LogP contribution in [0.2, 0.25) is 10.0 Å². The molecule has 10 aromatic carbocycles. The minimum Gasteiger partial charge on any atom is -0.423 e. The molecule has 8 heteroatoms. The predicted molar refractivity (Wildman–Crippen MR) is 292 cm³/mol. The van der Waals surface area contributed by atoms with Crippen LogP contribution in [0, 0.1) is 0 Å². The number of para-hydroxylation sites is 4. The highest BCUT2D eigenvalue weighted by Gasteiger charge is 2.15. The third kappa shape index (κ3) is 9.38. The van der Waals surface area contributed by atoms with Crippen molar-refractivity contribution in [2.45, 2.75) is 0 Å². The zero-order valence-corrected chi connectivity index (χ0v) is 39.7. The van der Waals surface area contributed by atoms with E-state index in [1.807, 2.05) is 84.9 Å². The molecule has 0 unspecified atom stereocenters. The summed E-state index contributed by atoms with van der Waals surface area (Å²) in [4.78, 5) is 0. The molecule has 0 amide bonds. The Morgan fingerprint density at radius 2 is 0.647 bits per heavy atom. The molecule has 2 N–H and O–H groups in total. The Hall–Kier alpha value is -7.16. The molecule has 0 saturated carbocycles. The van der Waals surface area contributed by atoms with Crippen LogP contribution in [-0.4, -0.2) is 26.3 Å².